The first-order valence-electron chi connectivity index (χ1n) is 7.20. The van der Waals surface area contributed by atoms with Gasteiger partial charge in [0.2, 0.25) is 0 Å². The Morgan fingerprint density at radius 1 is 1.22 bits per heavy atom. The molecule has 1 aromatic carbocycles. The first-order valence-corrected chi connectivity index (χ1v) is 8.01. The summed E-state index contributed by atoms with van der Waals surface area (Å²) < 4.78 is 10.5. The molecular formula is C16H22N4O2S. The van der Waals surface area contributed by atoms with Crippen LogP contribution in [-0.4, -0.2) is 32.2 Å². The molecule has 1 heterocycles. The van der Waals surface area contributed by atoms with E-state index in [1.54, 1.807) is 32.6 Å². The Morgan fingerprint density at radius 3 is 2.52 bits per heavy atom. The van der Waals surface area contributed by atoms with Gasteiger partial charge in [-0.1, -0.05) is 0 Å². The van der Waals surface area contributed by atoms with Gasteiger partial charge in [-0.15, -0.1) is 11.3 Å². The van der Waals surface area contributed by atoms with Gasteiger partial charge in [0.25, 0.3) is 0 Å². The van der Waals surface area contributed by atoms with Crippen LogP contribution in [0.3, 0.4) is 0 Å². The standard InChI is InChI=1S/C16H22N4O2S/c1-10-11(2)23-15(19-10)9-18-16(17-3)20-12-6-7-13(21-4)14(8-12)22-5/h6-8H,9H2,1-5H3,(H2,17,18,20). The summed E-state index contributed by atoms with van der Waals surface area (Å²) in [6, 6.07) is 5.62. The molecule has 0 spiro atoms. The van der Waals surface area contributed by atoms with Gasteiger partial charge in [0.15, 0.2) is 17.5 Å². The minimum absolute atomic E-state index is 0.631. The van der Waals surface area contributed by atoms with Crippen LogP contribution in [0.2, 0.25) is 0 Å². The Bertz CT molecular complexity index is 678. The lowest BCUT2D eigenvalue weighted by Gasteiger charge is -2.13. The summed E-state index contributed by atoms with van der Waals surface area (Å²) in [6.45, 7) is 4.73. The molecule has 2 rings (SSSR count). The van der Waals surface area contributed by atoms with E-state index >= 15 is 0 Å². The van der Waals surface area contributed by atoms with Gasteiger partial charge < -0.3 is 20.1 Å². The highest BCUT2D eigenvalue weighted by Gasteiger charge is 2.08. The molecule has 2 aromatic rings. The van der Waals surface area contributed by atoms with Gasteiger partial charge in [0.1, 0.15) is 5.01 Å². The third-order valence-corrected chi connectivity index (χ3v) is 4.42. The number of guanidine groups is 1. The molecule has 0 saturated carbocycles. The van der Waals surface area contributed by atoms with E-state index in [9.17, 15) is 0 Å². The van der Waals surface area contributed by atoms with Crippen LogP contribution in [-0.2, 0) is 6.54 Å². The van der Waals surface area contributed by atoms with E-state index < -0.39 is 0 Å². The Morgan fingerprint density at radius 2 is 1.96 bits per heavy atom. The SMILES string of the molecule is CN=C(NCc1nc(C)c(C)s1)Nc1ccc(OC)c(OC)c1. The normalized spacial score (nSPS) is 11.3. The fourth-order valence-electron chi connectivity index (χ4n) is 2.00. The summed E-state index contributed by atoms with van der Waals surface area (Å²) in [5.41, 5.74) is 1.94. The van der Waals surface area contributed by atoms with Gasteiger partial charge >= 0.3 is 0 Å². The van der Waals surface area contributed by atoms with E-state index in [1.165, 1.54) is 4.88 Å². The number of benzene rings is 1. The summed E-state index contributed by atoms with van der Waals surface area (Å²) in [4.78, 5) is 9.98. The molecule has 0 aliphatic carbocycles. The number of aliphatic imine (C=N–C) groups is 1. The predicted molar refractivity (Wildman–Crippen MR) is 95.0 cm³/mol. The fourth-order valence-corrected chi connectivity index (χ4v) is 2.88. The number of nitrogens with one attached hydrogen (secondary N) is 2. The number of anilines is 1. The molecule has 0 unspecified atom stereocenters. The number of thiazole rings is 1. The van der Waals surface area contributed by atoms with Gasteiger partial charge in [-0.2, -0.15) is 0 Å². The zero-order chi connectivity index (χ0) is 16.8. The van der Waals surface area contributed by atoms with Crippen LogP contribution < -0.4 is 20.1 Å². The Labute approximate surface area is 140 Å². The van der Waals surface area contributed by atoms with Gasteiger partial charge in [-0.25, -0.2) is 4.98 Å². The molecule has 23 heavy (non-hydrogen) atoms. The Hall–Kier alpha value is -2.28. The fraction of sp³-hybridized carbons (Fsp3) is 0.375. The van der Waals surface area contributed by atoms with Crippen molar-refractivity contribution < 1.29 is 9.47 Å². The van der Waals surface area contributed by atoms with Gasteiger partial charge in [0.05, 0.1) is 26.5 Å². The van der Waals surface area contributed by atoms with Crippen molar-refractivity contribution in [2.45, 2.75) is 20.4 Å². The first-order chi connectivity index (χ1) is 11.1. The van der Waals surface area contributed by atoms with Crippen LogP contribution in [0.15, 0.2) is 23.2 Å². The summed E-state index contributed by atoms with van der Waals surface area (Å²) in [7, 11) is 4.96. The van der Waals surface area contributed by atoms with Crippen molar-refractivity contribution in [1.29, 1.82) is 0 Å². The highest BCUT2D eigenvalue weighted by Crippen LogP contribution is 2.29. The molecule has 7 heteroatoms. The monoisotopic (exact) mass is 334 g/mol. The summed E-state index contributed by atoms with van der Waals surface area (Å²) in [5.74, 6) is 2.02. The second kappa shape index (κ2) is 7.82. The maximum atomic E-state index is 5.30. The summed E-state index contributed by atoms with van der Waals surface area (Å²) in [6.07, 6.45) is 0. The van der Waals surface area contributed by atoms with Crippen LogP contribution in [0, 0.1) is 13.8 Å². The maximum absolute atomic E-state index is 5.30. The smallest absolute Gasteiger partial charge is 0.195 e. The zero-order valence-corrected chi connectivity index (χ0v) is 14.9. The molecule has 0 aliphatic heterocycles. The van der Waals surface area contributed by atoms with Crippen LogP contribution >= 0.6 is 11.3 Å². The topological polar surface area (TPSA) is 67.8 Å². The van der Waals surface area contributed by atoms with Crippen molar-refractivity contribution in [2.75, 3.05) is 26.6 Å². The average Bonchev–Trinajstić information content (AvgIpc) is 2.89. The average molecular weight is 334 g/mol. The highest BCUT2D eigenvalue weighted by atomic mass is 32.1. The quantitative estimate of drug-likeness (QED) is 0.650. The molecule has 0 aliphatic rings. The molecule has 0 radical (unpaired) electrons. The summed E-state index contributed by atoms with van der Waals surface area (Å²) in [5, 5.41) is 7.52. The van der Waals surface area contributed by atoms with Crippen LogP contribution in [0.1, 0.15) is 15.6 Å². The molecule has 0 amide bonds. The second-order valence-corrected chi connectivity index (χ2v) is 6.16. The Balaban J connectivity index is 2.02. The van der Waals surface area contributed by atoms with Gasteiger partial charge in [-0.05, 0) is 26.0 Å². The summed E-state index contributed by atoms with van der Waals surface area (Å²) >= 11 is 1.69. The molecule has 124 valence electrons. The number of hydrogen-bond donors (Lipinski definition) is 2. The van der Waals surface area contributed by atoms with Crippen molar-refractivity contribution in [3.8, 4) is 11.5 Å². The molecule has 2 N–H and O–H groups in total. The predicted octanol–water partition coefficient (Wildman–Crippen LogP) is 2.96. The van der Waals surface area contributed by atoms with Crippen LogP contribution in [0.5, 0.6) is 11.5 Å². The van der Waals surface area contributed by atoms with E-state index in [4.69, 9.17) is 9.47 Å². The van der Waals surface area contributed by atoms with Crippen molar-refractivity contribution >= 4 is 23.0 Å². The third kappa shape index (κ3) is 4.35. The third-order valence-electron chi connectivity index (χ3n) is 3.35. The first kappa shape index (κ1) is 17.1. The molecule has 0 fully saturated rings. The molecular weight excluding hydrogens is 312 g/mol. The lowest BCUT2D eigenvalue weighted by Crippen LogP contribution is -2.30. The molecule has 0 saturated heterocycles. The van der Waals surface area contributed by atoms with E-state index in [0.717, 1.165) is 16.4 Å². The number of hydrogen-bond acceptors (Lipinski definition) is 5. The molecule has 0 bridgehead atoms. The van der Waals surface area contributed by atoms with Crippen molar-refractivity contribution in [3.63, 3.8) is 0 Å². The molecule has 6 nitrogen and oxygen atoms in total. The minimum atomic E-state index is 0.631. The van der Waals surface area contributed by atoms with Crippen LogP contribution in [0.4, 0.5) is 5.69 Å². The van der Waals surface area contributed by atoms with Crippen LogP contribution in [0.25, 0.3) is 0 Å². The van der Waals surface area contributed by atoms with E-state index in [0.29, 0.717) is 24.0 Å². The largest absolute Gasteiger partial charge is 0.493 e. The Kier molecular flexibility index (Phi) is 5.81. The van der Waals surface area contributed by atoms with Crippen molar-refractivity contribution in [2.24, 2.45) is 4.99 Å². The molecule has 0 atom stereocenters. The lowest BCUT2D eigenvalue weighted by molar-refractivity contribution is 0.355. The van der Waals surface area contributed by atoms with Crippen molar-refractivity contribution in [3.05, 3.63) is 33.8 Å². The molecule has 1 aromatic heterocycles. The van der Waals surface area contributed by atoms with E-state index in [1.807, 2.05) is 25.1 Å². The second-order valence-electron chi connectivity index (χ2n) is 4.87. The zero-order valence-electron chi connectivity index (χ0n) is 14.1. The van der Waals surface area contributed by atoms with E-state index in [2.05, 4.69) is 27.5 Å². The highest BCUT2D eigenvalue weighted by molar-refractivity contribution is 7.11. The number of rotatable bonds is 5. The number of ether oxygens (including phenoxy) is 2. The number of aromatic nitrogens is 1. The van der Waals surface area contributed by atoms with Gasteiger partial charge in [-0.3, -0.25) is 4.99 Å². The number of methoxy groups -OCH3 is 2. The maximum Gasteiger partial charge on any atom is 0.195 e. The van der Waals surface area contributed by atoms with Crippen molar-refractivity contribution in [1.82, 2.24) is 10.3 Å². The minimum Gasteiger partial charge on any atom is -0.493 e. The number of aryl methyl sites for hydroxylation is 2. The van der Waals surface area contributed by atoms with E-state index in [-0.39, 0.29) is 0 Å². The lowest BCUT2D eigenvalue weighted by atomic mass is 10.3. The number of nitrogens with zero attached hydrogens (tertiary/aromatic N) is 2. The van der Waals surface area contributed by atoms with Gasteiger partial charge in [0, 0.05) is 23.7 Å².